The second kappa shape index (κ2) is 36.7. The Labute approximate surface area is 522 Å². The van der Waals surface area contributed by atoms with Gasteiger partial charge in [-0.1, -0.05) is 68.3 Å². The van der Waals surface area contributed by atoms with Gasteiger partial charge in [-0.3, -0.25) is 57.7 Å². The molecule has 0 aliphatic carbocycles. The molecule has 3 heterocycles. The standard InChI is InChI=1S/C60H91N17O13/c1-4-5-19-42(72-52(82)35(3)69-53(83)43(22-11-13-26-61)71-51(81)34(2)62)54(84)74-45-24-25-49(79)90-68-28-14-12-21-41(50(63)80)70-57(87)47(30-37-32-67-40-20-10-9-18-39(37)40)75-55(85)44(23-15-27-66-60(64)65)73-56(86)46(29-36-16-7-6-8-17-36)76-58(88)48-31-38(78)33-77(48)59(45)89/h6-10,16-18,20,32,34-35,38,41-48,67-68,78H,4-5,11-15,19,21-31,33,61-62H2,1-3H3,(H2,63,80)(H,69,83)(H,70,87)(H,71,81)(H,72,82)(H,73,86)(H,74,84)(H,75,85)(H,76,88)(H4,64,65,66)/t34-,35-,38?,41-,42-,43-,44-,45-,46+,47-,48-/m0/s1. The summed E-state index contributed by atoms with van der Waals surface area (Å²) in [6, 6.07) is 2.68. The smallest absolute Gasteiger partial charge is 0.324 e. The van der Waals surface area contributed by atoms with Crippen LogP contribution in [0.5, 0.6) is 0 Å². The molecule has 30 nitrogen and oxygen atoms in total. The van der Waals surface area contributed by atoms with Gasteiger partial charge in [-0.15, -0.1) is 0 Å². The highest BCUT2D eigenvalue weighted by Gasteiger charge is 2.44. The first-order valence-corrected chi connectivity index (χ1v) is 30.7. The van der Waals surface area contributed by atoms with E-state index in [2.05, 4.69) is 58.0 Å². The van der Waals surface area contributed by atoms with Crippen molar-refractivity contribution >= 4 is 81.9 Å². The lowest BCUT2D eigenvalue weighted by molar-refractivity contribution is -0.152. The van der Waals surface area contributed by atoms with Gasteiger partial charge in [0.2, 0.25) is 59.1 Å². The van der Waals surface area contributed by atoms with Crippen LogP contribution in [0.2, 0.25) is 0 Å². The SMILES string of the molecule is CCCC[C@H](NC(=O)[C@H](C)NC(=O)[C@H](CCCCN)NC(=O)[C@H](C)N)C(=O)N[C@H]1CCC(=O)ONCCCC[C@@H](C(N)=O)NC(=O)[C@H](Cc2c[nH]c3ccccc23)NC(=O)[C@H](CCCN=C(N)N)NC(=O)[C@@H](Cc2ccccc2)NC(=O)[C@@H]2CC(O)CN2C1=O. The number of aliphatic hydroxyl groups excluding tert-OH is 1. The molecule has 3 aromatic rings. The van der Waals surface area contributed by atoms with Gasteiger partial charge in [-0.05, 0) is 102 Å². The molecule has 10 amide bonds. The van der Waals surface area contributed by atoms with Gasteiger partial charge in [-0.25, -0.2) is 0 Å². The monoisotopic (exact) mass is 1260 g/mol. The summed E-state index contributed by atoms with van der Waals surface area (Å²) in [4.78, 5) is 168. The fourth-order valence-corrected chi connectivity index (χ4v) is 10.4. The van der Waals surface area contributed by atoms with Crippen LogP contribution in [0.25, 0.3) is 10.9 Å². The lowest BCUT2D eigenvalue weighted by Gasteiger charge is -2.31. The van der Waals surface area contributed by atoms with Crippen molar-refractivity contribution < 1.29 is 62.7 Å². The summed E-state index contributed by atoms with van der Waals surface area (Å²) in [5, 5.41) is 33.4. The van der Waals surface area contributed by atoms with Crippen molar-refractivity contribution in [3.63, 3.8) is 0 Å². The van der Waals surface area contributed by atoms with E-state index < -0.39 is 151 Å². The van der Waals surface area contributed by atoms with Crippen LogP contribution >= 0.6 is 0 Å². The van der Waals surface area contributed by atoms with Crippen LogP contribution < -0.4 is 76.7 Å². The third-order valence-corrected chi connectivity index (χ3v) is 15.4. The maximum absolute atomic E-state index is 15.0. The molecule has 2 aliphatic rings. The van der Waals surface area contributed by atoms with E-state index in [1.54, 1.807) is 42.6 Å². The minimum absolute atomic E-state index is 0.0236. The number of aromatic amines is 1. The highest BCUT2D eigenvalue weighted by atomic mass is 16.7. The number of unbranched alkanes of at least 4 members (excludes halogenated alkanes) is 2. The molecule has 0 spiro atoms. The van der Waals surface area contributed by atoms with Gasteiger partial charge in [0.1, 0.15) is 54.4 Å². The average Bonchev–Trinajstić information content (AvgIpc) is 1.82. The summed E-state index contributed by atoms with van der Waals surface area (Å²) in [5.41, 5.74) is 32.9. The Hall–Kier alpha value is -8.74. The van der Waals surface area contributed by atoms with Gasteiger partial charge in [0, 0.05) is 62.4 Å². The fourth-order valence-electron chi connectivity index (χ4n) is 10.4. The summed E-state index contributed by atoms with van der Waals surface area (Å²) in [6.45, 7) is 4.65. The third kappa shape index (κ3) is 23.0. The number of nitrogens with two attached hydrogens (primary N) is 5. The van der Waals surface area contributed by atoms with Crippen molar-refractivity contribution in [3.8, 4) is 0 Å². The molecule has 0 radical (unpaired) electrons. The van der Waals surface area contributed by atoms with Crippen molar-refractivity contribution in [2.45, 2.75) is 190 Å². The van der Waals surface area contributed by atoms with E-state index in [9.17, 15) is 57.8 Å². The third-order valence-electron chi connectivity index (χ3n) is 15.4. The highest BCUT2D eigenvalue weighted by Crippen LogP contribution is 2.23. The molecule has 0 saturated carbocycles. The molecule has 11 atom stereocenters. The summed E-state index contributed by atoms with van der Waals surface area (Å²) in [7, 11) is 0. The number of hydrogen-bond acceptors (Lipinski definition) is 17. The van der Waals surface area contributed by atoms with Crippen LogP contribution in [0.4, 0.5) is 0 Å². The lowest BCUT2D eigenvalue weighted by atomic mass is 10.0. The van der Waals surface area contributed by atoms with Crippen molar-refractivity contribution in [1.82, 2.24) is 57.9 Å². The van der Waals surface area contributed by atoms with Crippen molar-refractivity contribution in [2.24, 2.45) is 33.7 Å². The number of amides is 10. The highest BCUT2D eigenvalue weighted by molar-refractivity contribution is 5.99. The normalized spacial score (nSPS) is 22.4. The van der Waals surface area contributed by atoms with Gasteiger partial charge in [-0.2, -0.15) is 5.48 Å². The minimum atomic E-state index is -1.61. The molecule has 21 N–H and O–H groups in total. The fraction of sp³-hybridized carbons (Fsp3) is 0.567. The first-order valence-electron chi connectivity index (χ1n) is 30.7. The molecule has 2 fully saturated rings. The second-order valence-corrected chi connectivity index (χ2v) is 22.8. The number of aliphatic hydroxyl groups is 1. The molecule has 0 bridgehead atoms. The first kappa shape index (κ1) is 72.0. The quantitative estimate of drug-likeness (QED) is 0.0242. The van der Waals surface area contributed by atoms with E-state index >= 15 is 0 Å². The number of nitrogens with one attached hydrogen (secondary N) is 10. The van der Waals surface area contributed by atoms with Gasteiger partial charge >= 0.3 is 5.97 Å². The summed E-state index contributed by atoms with van der Waals surface area (Å²) >= 11 is 0. The molecule has 90 heavy (non-hydrogen) atoms. The Morgan fingerprint density at radius 2 is 1.38 bits per heavy atom. The zero-order chi connectivity index (χ0) is 65.9. The van der Waals surface area contributed by atoms with Crippen LogP contribution in [0.15, 0.2) is 65.8 Å². The summed E-state index contributed by atoms with van der Waals surface area (Å²) < 4.78 is 0. The Morgan fingerprint density at radius 1 is 0.733 bits per heavy atom. The lowest BCUT2D eigenvalue weighted by Crippen LogP contribution is -2.60. The largest absolute Gasteiger partial charge is 0.391 e. The minimum Gasteiger partial charge on any atom is -0.391 e. The number of hydrogen-bond donors (Lipinski definition) is 16. The van der Waals surface area contributed by atoms with Crippen molar-refractivity contribution in [1.29, 1.82) is 0 Å². The summed E-state index contributed by atoms with van der Waals surface area (Å²) in [6.07, 6.45) is 1.67. The summed E-state index contributed by atoms with van der Waals surface area (Å²) in [5.74, 6) is -9.24. The Kier molecular flexibility index (Phi) is 29.3. The van der Waals surface area contributed by atoms with Crippen molar-refractivity contribution in [3.05, 3.63) is 71.9 Å². The molecule has 30 heteroatoms. The number of carbonyl (C=O) groups is 11. The number of rotatable bonds is 24. The van der Waals surface area contributed by atoms with Crippen LogP contribution in [0, 0.1) is 0 Å². The second-order valence-electron chi connectivity index (χ2n) is 22.8. The number of H-pyrrole nitrogens is 1. The molecular formula is C60H91N17O13. The number of hydroxylamine groups is 1. The molecule has 5 rings (SSSR count). The van der Waals surface area contributed by atoms with Crippen LogP contribution in [0.3, 0.4) is 0 Å². The van der Waals surface area contributed by atoms with Gasteiger partial charge in [0.15, 0.2) is 5.96 Å². The number of para-hydroxylation sites is 1. The maximum Gasteiger partial charge on any atom is 0.324 e. The number of fused-ring (bicyclic) bond motifs is 2. The molecule has 2 saturated heterocycles. The predicted molar refractivity (Wildman–Crippen MR) is 332 cm³/mol. The Bertz CT molecular complexity index is 2960. The zero-order valence-corrected chi connectivity index (χ0v) is 51.4. The molecule has 2 aromatic carbocycles. The van der Waals surface area contributed by atoms with E-state index in [4.69, 9.17) is 33.5 Å². The molecule has 1 unspecified atom stereocenters. The average molecular weight is 1260 g/mol. The van der Waals surface area contributed by atoms with Crippen LogP contribution in [-0.4, -0.2) is 179 Å². The molecule has 2 aliphatic heterocycles. The van der Waals surface area contributed by atoms with E-state index in [0.717, 1.165) is 15.8 Å². The van der Waals surface area contributed by atoms with Gasteiger partial charge < -0.3 is 91.0 Å². The van der Waals surface area contributed by atoms with E-state index in [1.807, 2.05) is 25.1 Å². The molecular weight excluding hydrogens is 1170 g/mol. The number of primary amides is 1. The first-order chi connectivity index (χ1) is 43.0. The predicted octanol–water partition coefficient (Wildman–Crippen LogP) is -2.97. The number of aliphatic imine (C=N–C) groups is 1. The Balaban J connectivity index is 1.48. The zero-order valence-electron chi connectivity index (χ0n) is 51.4. The number of nitrogens with zero attached hydrogens (tertiary/aromatic N) is 2. The molecule has 1 aromatic heterocycles. The number of guanidine groups is 1. The molecule has 494 valence electrons. The number of benzene rings is 2. The van der Waals surface area contributed by atoms with Crippen molar-refractivity contribution in [2.75, 3.05) is 26.2 Å². The van der Waals surface area contributed by atoms with E-state index in [-0.39, 0.29) is 83.3 Å². The van der Waals surface area contributed by atoms with Gasteiger partial charge in [0.25, 0.3) is 0 Å². The van der Waals surface area contributed by atoms with E-state index in [1.165, 1.54) is 13.8 Å². The number of carbonyl (C=O) groups excluding carboxylic acids is 11. The topological polar surface area (TPSA) is 487 Å². The van der Waals surface area contributed by atoms with E-state index in [0.29, 0.717) is 43.4 Å². The maximum atomic E-state index is 15.0. The van der Waals surface area contributed by atoms with Crippen LogP contribution in [-0.2, 0) is 70.4 Å². The number of aromatic nitrogens is 1. The Morgan fingerprint density at radius 3 is 2.08 bits per heavy atom. The van der Waals surface area contributed by atoms with Crippen LogP contribution in [0.1, 0.15) is 122 Å². The van der Waals surface area contributed by atoms with Gasteiger partial charge in [0.05, 0.1) is 12.1 Å².